The molecule has 2 fully saturated rings. The number of carbonyl (C=O) groups excluding carboxylic acids is 2. The fraction of sp³-hybridized carbons (Fsp3) is 0.550. The normalized spacial score (nSPS) is 21.0. The summed E-state index contributed by atoms with van der Waals surface area (Å²) in [5.41, 5.74) is 1.000. The number of tetrazole rings is 1. The van der Waals surface area contributed by atoms with Crippen molar-refractivity contribution in [2.24, 2.45) is 12.5 Å². The highest BCUT2D eigenvalue weighted by molar-refractivity contribution is 5.95. The zero-order valence-corrected chi connectivity index (χ0v) is 17.0. The molecule has 154 valence electrons. The van der Waals surface area contributed by atoms with E-state index < -0.39 is 5.41 Å². The number of likely N-dealkylation sites (N-methyl/N-ethyl adjacent to an activating group) is 1. The van der Waals surface area contributed by atoms with Gasteiger partial charge in [0.05, 0.1) is 12.5 Å². The first-order valence-electron chi connectivity index (χ1n) is 9.86. The molecule has 2 aromatic rings. The molecule has 1 amide bonds. The quantitative estimate of drug-likeness (QED) is 0.709. The van der Waals surface area contributed by atoms with Crippen molar-refractivity contribution in [3.8, 4) is 11.4 Å². The summed E-state index contributed by atoms with van der Waals surface area (Å²) in [6.45, 7) is 1.87. The Bertz CT molecular complexity index is 899. The molecule has 0 N–H and O–H groups in total. The van der Waals surface area contributed by atoms with Crippen LogP contribution in [0.15, 0.2) is 24.3 Å². The summed E-state index contributed by atoms with van der Waals surface area (Å²) in [5, 5.41) is 12.0. The van der Waals surface area contributed by atoms with Crippen LogP contribution in [0.2, 0.25) is 0 Å². The molecule has 29 heavy (non-hydrogen) atoms. The maximum absolute atomic E-state index is 12.9. The van der Waals surface area contributed by atoms with Crippen LogP contribution in [-0.2, 0) is 16.6 Å². The van der Waals surface area contributed by atoms with E-state index in [0.29, 0.717) is 37.3 Å². The topological polar surface area (TPSA) is 93.5 Å². The molecule has 1 aromatic heterocycles. The summed E-state index contributed by atoms with van der Waals surface area (Å²) >= 11 is 0. The van der Waals surface area contributed by atoms with E-state index >= 15 is 0 Å². The molecule has 0 saturated carbocycles. The van der Waals surface area contributed by atoms with E-state index in [1.807, 2.05) is 36.0 Å². The van der Waals surface area contributed by atoms with Gasteiger partial charge in [0, 0.05) is 37.2 Å². The smallest absolute Gasteiger partial charge is 0.312 e. The Labute approximate surface area is 169 Å². The summed E-state index contributed by atoms with van der Waals surface area (Å²) in [7, 11) is 5.66. The molecular weight excluding hydrogens is 372 g/mol. The molecule has 1 aromatic carbocycles. The van der Waals surface area contributed by atoms with Crippen molar-refractivity contribution in [3.63, 3.8) is 0 Å². The number of rotatable bonds is 4. The standard InChI is InChI=1S/C20H26N6O3/c1-24(2)13-16-12-20(19(28)29-16)8-10-26(11-9-20)18(27)15-6-4-14(5-7-15)17-21-23-25(3)22-17/h4-7,16H,8-13H2,1-3H3. The number of nitrogens with zero attached hydrogens (tertiary/aromatic N) is 6. The van der Waals surface area contributed by atoms with Crippen LogP contribution in [0.5, 0.6) is 0 Å². The number of piperidine rings is 1. The summed E-state index contributed by atoms with van der Waals surface area (Å²) in [5.74, 6) is 0.408. The minimum absolute atomic E-state index is 0.0188. The van der Waals surface area contributed by atoms with Gasteiger partial charge in [0.2, 0.25) is 5.82 Å². The van der Waals surface area contributed by atoms with Crippen LogP contribution in [0.3, 0.4) is 0 Å². The predicted octanol–water partition coefficient (Wildman–Crippen LogP) is 0.977. The number of benzene rings is 1. The summed E-state index contributed by atoms with van der Waals surface area (Å²) in [4.78, 5) is 30.7. The van der Waals surface area contributed by atoms with Crippen LogP contribution in [0.25, 0.3) is 11.4 Å². The van der Waals surface area contributed by atoms with Crippen LogP contribution in [0.1, 0.15) is 29.6 Å². The summed E-state index contributed by atoms with van der Waals surface area (Å²) in [6, 6.07) is 7.23. The average Bonchev–Trinajstić information content (AvgIpc) is 3.25. The van der Waals surface area contributed by atoms with Crippen molar-refractivity contribution in [2.75, 3.05) is 33.7 Å². The zero-order valence-electron chi connectivity index (χ0n) is 17.0. The second kappa shape index (κ2) is 7.55. The Morgan fingerprint density at radius 3 is 2.52 bits per heavy atom. The number of likely N-dealkylation sites (tertiary alicyclic amines) is 1. The fourth-order valence-corrected chi connectivity index (χ4v) is 4.24. The molecule has 2 saturated heterocycles. The van der Waals surface area contributed by atoms with Gasteiger partial charge < -0.3 is 14.5 Å². The van der Waals surface area contributed by atoms with E-state index in [1.165, 1.54) is 4.80 Å². The first kappa shape index (κ1) is 19.5. The lowest BCUT2D eigenvalue weighted by atomic mass is 9.76. The molecule has 9 heteroatoms. The molecule has 2 aliphatic rings. The van der Waals surface area contributed by atoms with Gasteiger partial charge in [0.15, 0.2) is 0 Å². The van der Waals surface area contributed by atoms with Crippen molar-refractivity contribution in [1.29, 1.82) is 0 Å². The van der Waals surface area contributed by atoms with E-state index in [1.54, 1.807) is 19.2 Å². The van der Waals surface area contributed by atoms with Gasteiger partial charge in [-0.05, 0) is 44.3 Å². The molecule has 1 unspecified atom stereocenters. The van der Waals surface area contributed by atoms with Crippen molar-refractivity contribution >= 4 is 11.9 Å². The van der Waals surface area contributed by atoms with Crippen LogP contribution < -0.4 is 0 Å². The van der Waals surface area contributed by atoms with Crippen LogP contribution in [0.4, 0.5) is 0 Å². The largest absolute Gasteiger partial charge is 0.461 e. The first-order chi connectivity index (χ1) is 13.9. The number of ether oxygens (including phenoxy) is 1. The fourth-order valence-electron chi connectivity index (χ4n) is 4.24. The number of esters is 1. The van der Waals surface area contributed by atoms with E-state index in [4.69, 9.17) is 4.74 Å². The Balaban J connectivity index is 1.38. The van der Waals surface area contributed by atoms with Gasteiger partial charge in [-0.1, -0.05) is 12.1 Å². The molecule has 9 nitrogen and oxygen atoms in total. The highest BCUT2D eigenvalue weighted by Gasteiger charge is 2.50. The second-order valence-electron chi connectivity index (χ2n) is 8.25. The monoisotopic (exact) mass is 398 g/mol. The van der Waals surface area contributed by atoms with Crippen molar-refractivity contribution in [1.82, 2.24) is 30.0 Å². The lowest BCUT2D eigenvalue weighted by Gasteiger charge is -2.36. The Kier molecular flexibility index (Phi) is 5.08. The number of hydrogen-bond donors (Lipinski definition) is 0. The molecule has 3 heterocycles. The third-order valence-electron chi connectivity index (χ3n) is 5.80. The molecular formula is C20H26N6O3. The number of carbonyl (C=O) groups is 2. The van der Waals surface area contributed by atoms with Crippen molar-refractivity contribution in [2.45, 2.75) is 25.4 Å². The van der Waals surface area contributed by atoms with Gasteiger partial charge in [0.25, 0.3) is 5.91 Å². The van der Waals surface area contributed by atoms with E-state index in [-0.39, 0.29) is 18.0 Å². The number of aromatic nitrogens is 4. The number of amides is 1. The molecule has 0 bridgehead atoms. The van der Waals surface area contributed by atoms with Crippen LogP contribution in [-0.4, -0.2) is 81.7 Å². The third-order valence-corrected chi connectivity index (χ3v) is 5.80. The van der Waals surface area contributed by atoms with Gasteiger partial charge in [-0.25, -0.2) is 0 Å². The third kappa shape index (κ3) is 3.87. The van der Waals surface area contributed by atoms with Crippen LogP contribution in [0, 0.1) is 5.41 Å². The molecule has 4 rings (SSSR count). The lowest BCUT2D eigenvalue weighted by Crippen LogP contribution is -2.45. The van der Waals surface area contributed by atoms with Gasteiger partial charge in [0.1, 0.15) is 6.10 Å². The molecule has 1 atom stereocenters. The Hall–Kier alpha value is -2.81. The van der Waals surface area contributed by atoms with Gasteiger partial charge >= 0.3 is 5.97 Å². The molecule has 0 aliphatic carbocycles. The van der Waals surface area contributed by atoms with Gasteiger partial charge in [-0.2, -0.15) is 4.80 Å². The van der Waals surface area contributed by atoms with E-state index in [2.05, 4.69) is 15.4 Å². The number of cyclic esters (lactones) is 1. The maximum Gasteiger partial charge on any atom is 0.312 e. The maximum atomic E-state index is 12.9. The van der Waals surface area contributed by atoms with E-state index in [9.17, 15) is 9.59 Å². The average molecular weight is 398 g/mol. The van der Waals surface area contributed by atoms with Gasteiger partial charge in [-0.3, -0.25) is 9.59 Å². The summed E-state index contributed by atoms with van der Waals surface area (Å²) < 4.78 is 5.60. The van der Waals surface area contributed by atoms with Crippen molar-refractivity contribution < 1.29 is 14.3 Å². The SMILES string of the molecule is CN(C)CC1CC2(CCN(C(=O)c3ccc(-c4nnn(C)n4)cc3)CC2)C(=O)O1. The Morgan fingerprint density at radius 1 is 1.24 bits per heavy atom. The zero-order chi connectivity index (χ0) is 20.6. The first-order valence-corrected chi connectivity index (χ1v) is 9.86. The van der Waals surface area contributed by atoms with E-state index in [0.717, 1.165) is 18.5 Å². The summed E-state index contributed by atoms with van der Waals surface area (Å²) in [6.07, 6.45) is 2.00. The van der Waals surface area contributed by atoms with Crippen LogP contribution >= 0.6 is 0 Å². The van der Waals surface area contributed by atoms with Gasteiger partial charge in [-0.15, -0.1) is 10.2 Å². The number of aryl methyl sites for hydroxylation is 1. The highest BCUT2D eigenvalue weighted by atomic mass is 16.6. The lowest BCUT2D eigenvalue weighted by molar-refractivity contribution is -0.150. The molecule has 1 spiro atoms. The minimum Gasteiger partial charge on any atom is -0.461 e. The predicted molar refractivity (Wildman–Crippen MR) is 105 cm³/mol. The molecule has 2 aliphatic heterocycles. The number of hydrogen-bond acceptors (Lipinski definition) is 7. The Morgan fingerprint density at radius 2 is 1.93 bits per heavy atom. The molecule has 0 radical (unpaired) electrons. The minimum atomic E-state index is -0.432. The second-order valence-corrected chi connectivity index (χ2v) is 8.25. The van der Waals surface area contributed by atoms with Crippen molar-refractivity contribution in [3.05, 3.63) is 29.8 Å². The highest BCUT2D eigenvalue weighted by Crippen LogP contribution is 2.43.